The zero-order valence-electron chi connectivity index (χ0n) is 13.7. The normalized spacial score (nSPS) is 10.4. The second kappa shape index (κ2) is 7.25. The molecule has 0 spiro atoms. The fourth-order valence-electron chi connectivity index (χ4n) is 2.45. The number of hydrogen-bond donors (Lipinski definition) is 0. The lowest BCUT2D eigenvalue weighted by Crippen LogP contribution is -2.05. The van der Waals surface area contributed by atoms with E-state index in [0.717, 1.165) is 0 Å². The van der Waals surface area contributed by atoms with Crippen molar-refractivity contribution in [3.8, 4) is 12.0 Å². The maximum atomic E-state index is 8.64. The summed E-state index contributed by atoms with van der Waals surface area (Å²) in [6, 6.07) is 25.1. The highest BCUT2D eigenvalue weighted by Crippen LogP contribution is 2.32. The van der Waals surface area contributed by atoms with Crippen LogP contribution in [-0.4, -0.2) is 0 Å². The minimum atomic E-state index is -0.182. The van der Waals surface area contributed by atoms with E-state index < -0.39 is 0 Å². The third kappa shape index (κ3) is 3.61. The Morgan fingerprint density at radius 2 is 1.04 bits per heavy atom. The van der Waals surface area contributed by atoms with Crippen LogP contribution in [0.2, 0.25) is 0 Å². The molecule has 118 valence electrons. The van der Waals surface area contributed by atoms with Crippen molar-refractivity contribution in [2.24, 2.45) is 0 Å². The van der Waals surface area contributed by atoms with Crippen LogP contribution in [0.3, 0.4) is 0 Å². The molecule has 0 atom stereocenters. The number of rotatable bonds is 4. The Morgan fingerprint density at radius 1 is 0.667 bits per heavy atom. The number of nitrogens with zero attached hydrogens (tertiary/aromatic N) is 1. The first-order valence-electron chi connectivity index (χ1n) is 7.71. The van der Waals surface area contributed by atoms with E-state index in [9.17, 15) is 0 Å². The second-order valence-corrected chi connectivity index (χ2v) is 7.62. The molecule has 0 aliphatic heterocycles. The van der Waals surface area contributed by atoms with Gasteiger partial charge in [0.05, 0.1) is 10.9 Å². The fraction of sp³-hybridized carbons (Fsp3) is 0.0952. The molecule has 3 aromatic carbocycles. The second-order valence-electron chi connectivity index (χ2n) is 5.60. The molecule has 0 aliphatic rings. The lowest BCUT2D eigenvalue weighted by molar-refractivity contribution is 0.507. The summed E-state index contributed by atoms with van der Waals surface area (Å²) in [6.07, 6.45) is 1.71. The van der Waals surface area contributed by atoms with Crippen LogP contribution < -0.4 is 4.74 Å². The van der Waals surface area contributed by atoms with E-state index in [1.165, 1.54) is 25.8 Å². The smallest absolute Gasteiger partial charge is 0.292 e. The van der Waals surface area contributed by atoms with Crippen molar-refractivity contribution in [3.63, 3.8) is 0 Å². The average molecular weight is 332 g/mol. The Hall–Kier alpha value is -2.70. The first kappa shape index (κ1) is 16.2. The molecule has 3 rings (SSSR count). The standard InChI is InChI=1S/C21H18NOS/c1-16-3-9-19(10-4-16)24(20-11-5-17(2)6-12-20)21-13-7-18(8-14-21)23-15-22/h3-14H,1-2H3/q+1. The number of hydrogen-bond acceptors (Lipinski definition) is 2. The summed E-state index contributed by atoms with van der Waals surface area (Å²) in [6.45, 7) is 4.20. The van der Waals surface area contributed by atoms with Gasteiger partial charge in [0, 0.05) is 0 Å². The summed E-state index contributed by atoms with van der Waals surface area (Å²) in [7, 11) is -0.182. The Kier molecular flexibility index (Phi) is 4.88. The predicted octanol–water partition coefficient (Wildman–Crippen LogP) is 5.26. The van der Waals surface area contributed by atoms with E-state index in [1.54, 1.807) is 6.26 Å². The Balaban J connectivity index is 2.05. The largest absolute Gasteiger partial charge is 0.388 e. The highest BCUT2D eigenvalue weighted by Gasteiger charge is 2.28. The zero-order chi connectivity index (χ0) is 16.9. The fourth-order valence-corrected chi connectivity index (χ4v) is 4.49. The maximum absolute atomic E-state index is 8.64. The third-order valence-electron chi connectivity index (χ3n) is 3.74. The van der Waals surface area contributed by atoms with Gasteiger partial charge in [-0.25, -0.2) is 0 Å². The van der Waals surface area contributed by atoms with E-state index in [4.69, 9.17) is 10.00 Å². The van der Waals surface area contributed by atoms with Gasteiger partial charge >= 0.3 is 0 Å². The topological polar surface area (TPSA) is 33.0 Å². The van der Waals surface area contributed by atoms with E-state index in [1.807, 2.05) is 24.3 Å². The van der Waals surface area contributed by atoms with Gasteiger partial charge in [-0.1, -0.05) is 35.4 Å². The minimum Gasteiger partial charge on any atom is -0.388 e. The van der Waals surface area contributed by atoms with Crippen molar-refractivity contribution < 1.29 is 4.74 Å². The number of ether oxygens (including phenoxy) is 1. The molecule has 0 amide bonds. The Bertz CT molecular complexity index is 801. The molecule has 3 heteroatoms. The van der Waals surface area contributed by atoms with Gasteiger partial charge in [0.2, 0.25) is 0 Å². The molecule has 3 aromatic rings. The summed E-state index contributed by atoms with van der Waals surface area (Å²) in [4.78, 5) is 3.75. The Labute approximate surface area is 145 Å². The number of nitriles is 1. The van der Waals surface area contributed by atoms with Crippen molar-refractivity contribution in [1.29, 1.82) is 5.26 Å². The maximum Gasteiger partial charge on any atom is 0.292 e. The van der Waals surface area contributed by atoms with Crippen molar-refractivity contribution >= 4 is 10.9 Å². The van der Waals surface area contributed by atoms with Crippen LogP contribution in [0.25, 0.3) is 0 Å². The van der Waals surface area contributed by atoms with Crippen LogP contribution in [0.1, 0.15) is 11.1 Å². The van der Waals surface area contributed by atoms with Crippen molar-refractivity contribution in [3.05, 3.63) is 83.9 Å². The van der Waals surface area contributed by atoms with Crippen molar-refractivity contribution in [2.75, 3.05) is 0 Å². The highest BCUT2D eigenvalue weighted by molar-refractivity contribution is 7.97. The van der Waals surface area contributed by atoms with Gasteiger partial charge in [0.25, 0.3) is 6.26 Å². The van der Waals surface area contributed by atoms with Crippen LogP contribution in [0, 0.1) is 25.4 Å². The van der Waals surface area contributed by atoms with Crippen LogP contribution in [0.4, 0.5) is 0 Å². The van der Waals surface area contributed by atoms with Crippen LogP contribution in [0.5, 0.6) is 5.75 Å². The van der Waals surface area contributed by atoms with Crippen LogP contribution in [-0.2, 0) is 10.9 Å². The monoisotopic (exact) mass is 332 g/mol. The quantitative estimate of drug-likeness (QED) is 0.482. The zero-order valence-corrected chi connectivity index (χ0v) is 14.5. The molecule has 0 N–H and O–H groups in total. The van der Waals surface area contributed by atoms with Gasteiger partial charge in [-0.3, -0.25) is 0 Å². The molecule has 0 radical (unpaired) electrons. The summed E-state index contributed by atoms with van der Waals surface area (Å²) in [5.41, 5.74) is 2.51. The summed E-state index contributed by atoms with van der Waals surface area (Å²) in [5.74, 6) is 0.567. The van der Waals surface area contributed by atoms with E-state index in [0.29, 0.717) is 5.75 Å². The van der Waals surface area contributed by atoms with Gasteiger partial charge in [0.15, 0.2) is 14.7 Å². The lowest BCUT2D eigenvalue weighted by Gasteiger charge is -2.09. The molecule has 0 fully saturated rings. The van der Waals surface area contributed by atoms with E-state index in [2.05, 4.69) is 62.4 Å². The molecule has 24 heavy (non-hydrogen) atoms. The summed E-state index contributed by atoms with van der Waals surface area (Å²) >= 11 is 0. The average Bonchev–Trinajstić information content (AvgIpc) is 2.60. The lowest BCUT2D eigenvalue weighted by atomic mass is 10.2. The molecule has 0 aromatic heterocycles. The molecule has 0 heterocycles. The predicted molar refractivity (Wildman–Crippen MR) is 97.2 cm³/mol. The molecule has 0 unspecified atom stereocenters. The molecule has 0 aliphatic carbocycles. The van der Waals surface area contributed by atoms with Crippen LogP contribution in [0.15, 0.2) is 87.5 Å². The molecular formula is C21H18NOS+. The van der Waals surface area contributed by atoms with Gasteiger partial charge in [-0.15, -0.1) is 5.26 Å². The highest BCUT2D eigenvalue weighted by atomic mass is 32.2. The van der Waals surface area contributed by atoms with Crippen LogP contribution >= 0.6 is 0 Å². The van der Waals surface area contributed by atoms with Gasteiger partial charge in [-0.05, 0) is 62.4 Å². The minimum absolute atomic E-state index is 0.182. The summed E-state index contributed by atoms with van der Waals surface area (Å²) in [5, 5.41) is 8.64. The van der Waals surface area contributed by atoms with E-state index >= 15 is 0 Å². The Morgan fingerprint density at radius 3 is 1.42 bits per heavy atom. The van der Waals surface area contributed by atoms with Gasteiger partial charge in [0.1, 0.15) is 5.75 Å². The first-order chi connectivity index (χ1) is 11.7. The molecule has 2 nitrogen and oxygen atoms in total. The molecule has 0 saturated carbocycles. The van der Waals surface area contributed by atoms with E-state index in [-0.39, 0.29) is 10.9 Å². The first-order valence-corrected chi connectivity index (χ1v) is 8.93. The SMILES string of the molecule is Cc1ccc([S+](c2ccc(C)cc2)c2ccc(OC#N)cc2)cc1. The molecule has 0 saturated heterocycles. The number of benzene rings is 3. The third-order valence-corrected chi connectivity index (χ3v) is 5.97. The van der Waals surface area contributed by atoms with Gasteiger partial charge in [-0.2, -0.15) is 0 Å². The van der Waals surface area contributed by atoms with Crippen molar-refractivity contribution in [1.82, 2.24) is 0 Å². The molecule has 0 bridgehead atoms. The van der Waals surface area contributed by atoms with Gasteiger partial charge < -0.3 is 4.74 Å². The molecular weight excluding hydrogens is 314 g/mol. The summed E-state index contributed by atoms with van der Waals surface area (Å²) < 4.78 is 4.89. The number of aryl methyl sites for hydroxylation is 2. The van der Waals surface area contributed by atoms with Crippen molar-refractivity contribution in [2.45, 2.75) is 28.5 Å².